The van der Waals surface area contributed by atoms with E-state index in [4.69, 9.17) is 16.2 Å². The van der Waals surface area contributed by atoms with Crippen LogP contribution in [0, 0.1) is 13.5 Å². The molecule has 0 aliphatic heterocycles. The molecule has 0 heterocycles. The van der Waals surface area contributed by atoms with Gasteiger partial charge in [-0.25, -0.2) is 0 Å². The van der Waals surface area contributed by atoms with Crippen molar-refractivity contribution in [3.63, 3.8) is 0 Å². The van der Waals surface area contributed by atoms with Gasteiger partial charge in [0.2, 0.25) is 0 Å². The van der Waals surface area contributed by atoms with E-state index in [0.29, 0.717) is 17.1 Å². The van der Waals surface area contributed by atoms with Crippen molar-refractivity contribution < 1.29 is 4.74 Å². The number of hydrogen-bond donors (Lipinski definition) is 2. The average Bonchev–Trinajstić information content (AvgIpc) is 1.95. The maximum absolute atomic E-state index is 5.55. The lowest BCUT2D eigenvalue weighted by Gasteiger charge is -2.05. The highest BCUT2D eigenvalue weighted by Crippen LogP contribution is 2.23. The lowest BCUT2D eigenvalue weighted by atomic mass is 10.2. The Morgan fingerprint density at radius 1 is 1.36 bits per heavy atom. The standard InChI is InChI=1S/C8H10N2O/c1-2-11-8-4-3-6(9)5-7(8)10/h2-5H,1,9-10H2. The number of rotatable bonds is 2. The summed E-state index contributed by atoms with van der Waals surface area (Å²) in [6.45, 7) is 4.73. The molecule has 11 heavy (non-hydrogen) atoms. The quantitative estimate of drug-likeness (QED) is 0.623. The van der Waals surface area contributed by atoms with E-state index < -0.39 is 0 Å². The molecule has 0 amide bonds. The Balaban J connectivity index is 2.90. The minimum atomic E-state index is 0.518. The van der Waals surface area contributed by atoms with E-state index >= 15 is 0 Å². The van der Waals surface area contributed by atoms with Crippen molar-refractivity contribution >= 4 is 11.4 Å². The summed E-state index contributed by atoms with van der Waals surface area (Å²) in [5, 5.41) is 0. The Morgan fingerprint density at radius 3 is 2.64 bits per heavy atom. The van der Waals surface area contributed by atoms with Crippen molar-refractivity contribution in [1.29, 1.82) is 0 Å². The van der Waals surface area contributed by atoms with E-state index in [2.05, 4.69) is 6.92 Å². The molecular weight excluding hydrogens is 140 g/mol. The van der Waals surface area contributed by atoms with Gasteiger partial charge < -0.3 is 16.2 Å². The smallest absolute Gasteiger partial charge is 0.142 e. The topological polar surface area (TPSA) is 61.3 Å². The normalized spacial score (nSPS) is 9.55. The molecule has 0 spiro atoms. The monoisotopic (exact) mass is 150 g/mol. The molecule has 0 aliphatic carbocycles. The summed E-state index contributed by atoms with van der Waals surface area (Å²) in [6, 6.07) is 5.06. The molecule has 0 atom stereocenters. The van der Waals surface area contributed by atoms with Crippen LogP contribution in [0.5, 0.6) is 5.75 Å². The largest absolute Gasteiger partial charge is 0.484 e. The Hall–Kier alpha value is -1.38. The first kappa shape index (κ1) is 7.72. The minimum Gasteiger partial charge on any atom is -0.484 e. The fourth-order valence-corrected chi connectivity index (χ4v) is 0.764. The Morgan fingerprint density at radius 2 is 2.09 bits per heavy atom. The molecule has 4 N–H and O–H groups in total. The average molecular weight is 150 g/mol. The third-order valence-electron chi connectivity index (χ3n) is 1.24. The minimum absolute atomic E-state index is 0.518. The molecule has 2 radical (unpaired) electrons. The van der Waals surface area contributed by atoms with Gasteiger partial charge in [0.1, 0.15) is 12.4 Å². The zero-order valence-corrected chi connectivity index (χ0v) is 6.08. The van der Waals surface area contributed by atoms with Crippen LogP contribution in [0.1, 0.15) is 0 Å². The van der Waals surface area contributed by atoms with Gasteiger partial charge in [-0.1, -0.05) is 0 Å². The van der Waals surface area contributed by atoms with Crippen molar-refractivity contribution in [2.24, 2.45) is 0 Å². The number of nitrogens with two attached hydrogens (primary N) is 2. The zero-order chi connectivity index (χ0) is 8.27. The van der Waals surface area contributed by atoms with Gasteiger partial charge in [-0.05, 0) is 25.1 Å². The Kier molecular flexibility index (Phi) is 2.21. The second-order valence-corrected chi connectivity index (χ2v) is 2.08. The molecule has 0 bridgehead atoms. The SMILES string of the molecule is [CH2][CH]Oc1ccc(N)cc1N. The number of ether oxygens (including phenoxy) is 1. The van der Waals surface area contributed by atoms with Crippen LogP contribution < -0.4 is 16.2 Å². The summed E-state index contributed by atoms with van der Waals surface area (Å²) in [6.07, 6.45) is 0. The third-order valence-corrected chi connectivity index (χ3v) is 1.24. The van der Waals surface area contributed by atoms with Gasteiger partial charge in [0, 0.05) is 5.69 Å². The van der Waals surface area contributed by atoms with Gasteiger partial charge in [-0.3, -0.25) is 0 Å². The second kappa shape index (κ2) is 3.14. The van der Waals surface area contributed by atoms with Crippen LogP contribution in [-0.4, -0.2) is 0 Å². The lowest BCUT2D eigenvalue weighted by molar-refractivity contribution is 0.435. The van der Waals surface area contributed by atoms with Crippen molar-refractivity contribution in [3.8, 4) is 5.75 Å². The van der Waals surface area contributed by atoms with Crippen molar-refractivity contribution in [3.05, 3.63) is 31.7 Å². The maximum Gasteiger partial charge on any atom is 0.142 e. The molecule has 0 aliphatic rings. The fraction of sp³-hybridized carbons (Fsp3) is 0. The summed E-state index contributed by atoms with van der Waals surface area (Å²) in [5.41, 5.74) is 12.2. The number of nitrogen functional groups attached to an aromatic ring is 2. The predicted molar refractivity (Wildman–Crippen MR) is 45.6 cm³/mol. The summed E-state index contributed by atoms with van der Waals surface area (Å²) < 4.78 is 4.97. The van der Waals surface area contributed by atoms with Crippen LogP contribution in [0.25, 0.3) is 0 Å². The first-order valence-corrected chi connectivity index (χ1v) is 3.16. The first-order chi connectivity index (χ1) is 5.24. The molecule has 0 saturated heterocycles. The molecule has 0 saturated carbocycles. The highest BCUT2D eigenvalue weighted by molar-refractivity contribution is 5.60. The Labute approximate surface area is 66.0 Å². The molecule has 1 aromatic carbocycles. The summed E-state index contributed by atoms with van der Waals surface area (Å²) in [4.78, 5) is 0. The number of anilines is 2. The maximum atomic E-state index is 5.55. The molecule has 3 heteroatoms. The zero-order valence-electron chi connectivity index (χ0n) is 6.08. The van der Waals surface area contributed by atoms with Gasteiger partial charge >= 0.3 is 0 Å². The van der Waals surface area contributed by atoms with Gasteiger partial charge in [0.05, 0.1) is 5.69 Å². The van der Waals surface area contributed by atoms with E-state index in [1.165, 1.54) is 6.61 Å². The fourth-order valence-electron chi connectivity index (χ4n) is 0.764. The molecule has 0 fully saturated rings. The highest BCUT2D eigenvalue weighted by atomic mass is 16.5. The van der Waals surface area contributed by atoms with E-state index in [-0.39, 0.29) is 0 Å². The number of benzene rings is 1. The van der Waals surface area contributed by atoms with Crippen LogP contribution in [-0.2, 0) is 0 Å². The first-order valence-electron chi connectivity index (χ1n) is 3.16. The lowest BCUT2D eigenvalue weighted by Crippen LogP contribution is -1.94. The molecule has 0 aromatic heterocycles. The molecular formula is C8H10N2O. The van der Waals surface area contributed by atoms with E-state index in [1.54, 1.807) is 18.2 Å². The van der Waals surface area contributed by atoms with Gasteiger partial charge in [-0.15, -0.1) is 0 Å². The molecule has 1 rings (SSSR count). The van der Waals surface area contributed by atoms with E-state index in [1.807, 2.05) is 0 Å². The van der Waals surface area contributed by atoms with Crippen LogP contribution in [0.15, 0.2) is 18.2 Å². The van der Waals surface area contributed by atoms with E-state index in [9.17, 15) is 0 Å². The van der Waals surface area contributed by atoms with Crippen LogP contribution in [0.4, 0.5) is 11.4 Å². The van der Waals surface area contributed by atoms with Crippen LogP contribution >= 0.6 is 0 Å². The second-order valence-electron chi connectivity index (χ2n) is 2.08. The molecule has 1 aromatic rings. The summed E-state index contributed by atoms with van der Waals surface area (Å²) in [7, 11) is 0. The highest BCUT2D eigenvalue weighted by Gasteiger charge is 1.97. The molecule has 58 valence electrons. The van der Waals surface area contributed by atoms with Crippen LogP contribution in [0.2, 0.25) is 0 Å². The molecule has 0 unspecified atom stereocenters. The van der Waals surface area contributed by atoms with Crippen molar-refractivity contribution in [2.75, 3.05) is 11.5 Å². The summed E-state index contributed by atoms with van der Waals surface area (Å²) in [5.74, 6) is 0.578. The third kappa shape index (κ3) is 1.77. The Bertz CT molecular complexity index is 248. The molecule has 3 nitrogen and oxygen atoms in total. The van der Waals surface area contributed by atoms with E-state index in [0.717, 1.165) is 0 Å². The number of hydrogen-bond acceptors (Lipinski definition) is 3. The van der Waals surface area contributed by atoms with Crippen molar-refractivity contribution in [1.82, 2.24) is 0 Å². The van der Waals surface area contributed by atoms with Gasteiger partial charge in [-0.2, -0.15) is 0 Å². The predicted octanol–water partition coefficient (Wildman–Crippen LogP) is 1.23. The van der Waals surface area contributed by atoms with Gasteiger partial charge in [0.25, 0.3) is 0 Å². The van der Waals surface area contributed by atoms with Crippen LogP contribution in [0.3, 0.4) is 0 Å². The summed E-state index contributed by atoms with van der Waals surface area (Å²) >= 11 is 0. The van der Waals surface area contributed by atoms with Crippen molar-refractivity contribution in [2.45, 2.75) is 0 Å². The van der Waals surface area contributed by atoms with Gasteiger partial charge in [0.15, 0.2) is 0 Å².